The summed E-state index contributed by atoms with van der Waals surface area (Å²) in [6.45, 7) is 10.0. The minimum Gasteiger partial charge on any atom is -0.478 e. The third kappa shape index (κ3) is 12.0. The Balaban J connectivity index is 0.000000293. The highest BCUT2D eigenvalue weighted by molar-refractivity contribution is 6.17. The lowest BCUT2D eigenvalue weighted by atomic mass is 10.1. The van der Waals surface area contributed by atoms with Crippen molar-refractivity contribution >= 4 is 23.5 Å². The molecule has 2 aromatic carbocycles. The number of halogens is 1. The fourth-order valence-corrected chi connectivity index (χ4v) is 3.71. The SMILES string of the molecule is C.CN1CCN(Cc2ccc(C(=O)O)cc2)CC1.CN1CCNCC1.O=C(O)c1ccc(CCl)cc1. The zero-order valence-electron chi connectivity index (χ0n) is 20.6. The van der Waals surface area contributed by atoms with Gasteiger partial charge in [-0.1, -0.05) is 31.7 Å². The highest BCUT2D eigenvalue weighted by Gasteiger charge is 2.13. The quantitative estimate of drug-likeness (QED) is 0.516. The number of piperazine rings is 2. The predicted molar refractivity (Wildman–Crippen MR) is 146 cm³/mol. The average molecular weight is 521 g/mol. The molecule has 0 bridgehead atoms. The van der Waals surface area contributed by atoms with Gasteiger partial charge in [0.05, 0.1) is 11.1 Å². The number of aromatic carboxylic acids is 2. The van der Waals surface area contributed by atoms with Gasteiger partial charge in [0.15, 0.2) is 0 Å². The molecule has 200 valence electrons. The molecule has 0 atom stereocenters. The summed E-state index contributed by atoms with van der Waals surface area (Å²) in [5.41, 5.74) is 2.75. The van der Waals surface area contributed by atoms with Crippen molar-refractivity contribution in [2.45, 2.75) is 19.9 Å². The standard InChI is InChI=1S/C13H18N2O2.C8H7ClO2.C5H12N2.CH4/c1-14-6-8-15(9-7-14)10-11-2-4-12(5-3-11)13(16)17;9-5-6-1-3-7(4-2-6)8(10)11;1-7-4-2-6-3-5-7;/h2-5H,6-10H2,1H3,(H,16,17);1-4H,5H2,(H,10,11);6H,2-5H2,1H3;1H4. The number of likely N-dealkylation sites (N-methyl/N-ethyl adjacent to an activating group) is 2. The molecule has 3 N–H and O–H groups in total. The zero-order valence-corrected chi connectivity index (χ0v) is 21.4. The van der Waals surface area contributed by atoms with E-state index in [1.165, 1.54) is 18.7 Å². The summed E-state index contributed by atoms with van der Waals surface area (Å²) in [4.78, 5) is 28.1. The van der Waals surface area contributed by atoms with E-state index in [1.807, 2.05) is 12.1 Å². The van der Waals surface area contributed by atoms with Gasteiger partial charge in [0.25, 0.3) is 0 Å². The van der Waals surface area contributed by atoms with E-state index in [0.717, 1.165) is 51.4 Å². The lowest BCUT2D eigenvalue weighted by Gasteiger charge is -2.32. The summed E-state index contributed by atoms with van der Waals surface area (Å²) < 4.78 is 0. The van der Waals surface area contributed by atoms with E-state index in [4.69, 9.17) is 21.8 Å². The van der Waals surface area contributed by atoms with Crippen LogP contribution in [0.4, 0.5) is 0 Å². The topological polar surface area (TPSA) is 96.4 Å². The lowest BCUT2D eigenvalue weighted by molar-refractivity contribution is 0.0686. The molecule has 2 fully saturated rings. The average Bonchev–Trinajstić information content (AvgIpc) is 2.87. The third-order valence-electron chi connectivity index (χ3n) is 5.90. The van der Waals surface area contributed by atoms with Gasteiger partial charge in [0.1, 0.15) is 0 Å². The molecule has 0 spiro atoms. The summed E-state index contributed by atoms with van der Waals surface area (Å²) >= 11 is 5.51. The molecule has 2 heterocycles. The van der Waals surface area contributed by atoms with Crippen LogP contribution in [0.25, 0.3) is 0 Å². The lowest BCUT2D eigenvalue weighted by Crippen LogP contribution is -2.43. The van der Waals surface area contributed by atoms with Gasteiger partial charge in [0, 0.05) is 64.8 Å². The fraction of sp³-hybridized carbons (Fsp3) is 0.481. The molecule has 2 aromatic rings. The third-order valence-corrected chi connectivity index (χ3v) is 6.21. The van der Waals surface area contributed by atoms with Crippen molar-refractivity contribution in [2.75, 3.05) is 66.5 Å². The van der Waals surface area contributed by atoms with Crippen LogP contribution in [0.15, 0.2) is 48.5 Å². The van der Waals surface area contributed by atoms with Crippen molar-refractivity contribution in [1.29, 1.82) is 0 Å². The summed E-state index contributed by atoms with van der Waals surface area (Å²) in [7, 11) is 4.29. The summed E-state index contributed by atoms with van der Waals surface area (Å²) in [6.07, 6.45) is 0. The maximum Gasteiger partial charge on any atom is 0.335 e. The second kappa shape index (κ2) is 17.1. The van der Waals surface area contributed by atoms with E-state index in [-0.39, 0.29) is 7.43 Å². The van der Waals surface area contributed by atoms with E-state index in [0.29, 0.717) is 17.0 Å². The Kier molecular flexibility index (Phi) is 14.9. The van der Waals surface area contributed by atoms with Crippen molar-refractivity contribution in [1.82, 2.24) is 20.0 Å². The van der Waals surface area contributed by atoms with E-state index in [9.17, 15) is 9.59 Å². The Bertz CT molecular complexity index is 895. The molecule has 4 rings (SSSR count). The Labute approximate surface area is 220 Å². The van der Waals surface area contributed by atoms with Gasteiger partial charge >= 0.3 is 11.9 Å². The molecule has 0 amide bonds. The highest BCUT2D eigenvalue weighted by Crippen LogP contribution is 2.10. The van der Waals surface area contributed by atoms with Crippen LogP contribution in [0, 0.1) is 0 Å². The van der Waals surface area contributed by atoms with Gasteiger partial charge in [-0.05, 0) is 49.5 Å². The van der Waals surface area contributed by atoms with Gasteiger partial charge in [-0.15, -0.1) is 11.6 Å². The largest absolute Gasteiger partial charge is 0.478 e. The number of carboxylic acid groups (broad SMARTS) is 2. The van der Waals surface area contributed by atoms with Gasteiger partial charge in [-0.25, -0.2) is 9.59 Å². The van der Waals surface area contributed by atoms with E-state index >= 15 is 0 Å². The fourth-order valence-electron chi connectivity index (χ4n) is 3.53. The molecular weight excluding hydrogens is 480 g/mol. The van der Waals surface area contributed by atoms with E-state index in [1.54, 1.807) is 36.4 Å². The first-order chi connectivity index (χ1) is 16.8. The zero-order chi connectivity index (χ0) is 25.6. The van der Waals surface area contributed by atoms with Crippen LogP contribution in [0.1, 0.15) is 39.3 Å². The first-order valence-electron chi connectivity index (χ1n) is 11.8. The second-order valence-corrected chi connectivity index (χ2v) is 9.04. The van der Waals surface area contributed by atoms with Gasteiger partial charge in [-0.3, -0.25) is 4.90 Å². The van der Waals surface area contributed by atoms with Crippen molar-refractivity contribution in [3.8, 4) is 0 Å². The van der Waals surface area contributed by atoms with Crippen LogP contribution in [0.5, 0.6) is 0 Å². The van der Waals surface area contributed by atoms with Gasteiger partial charge in [-0.2, -0.15) is 0 Å². The minimum absolute atomic E-state index is 0. The molecule has 9 heteroatoms. The Hall–Kier alpha value is -2.49. The molecule has 2 saturated heterocycles. The van der Waals surface area contributed by atoms with Crippen LogP contribution in [0.3, 0.4) is 0 Å². The molecule has 2 aliphatic heterocycles. The van der Waals surface area contributed by atoms with E-state index < -0.39 is 11.9 Å². The maximum absolute atomic E-state index is 10.7. The number of alkyl halides is 1. The van der Waals surface area contributed by atoms with Crippen LogP contribution in [-0.4, -0.2) is 103 Å². The number of nitrogens with one attached hydrogen (secondary N) is 1. The molecule has 0 aromatic heterocycles. The first-order valence-corrected chi connectivity index (χ1v) is 12.3. The van der Waals surface area contributed by atoms with Crippen molar-refractivity contribution in [3.05, 3.63) is 70.8 Å². The van der Waals surface area contributed by atoms with Crippen LogP contribution >= 0.6 is 11.6 Å². The molecular formula is C27H41ClN4O4. The second-order valence-electron chi connectivity index (χ2n) is 8.77. The Morgan fingerprint density at radius 1 is 0.750 bits per heavy atom. The number of hydrogen-bond acceptors (Lipinski definition) is 6. The molecule has 2 aliphatic rings. The number of benzene rings is 2. The van der Waals surface area contributed by atoms with Gasteiger partial charge in [0.2, 0.25) is 0 Å². The smallest absolute Gasteiger partial charge is 0.335 e. The number of hydrogen-bond donors (Lipinski definition) is 3. The molecule has 0 saturated carbocycles. The van der Waals surface area contributed by atoms with Crippen LogP contribution in [0.2, 0.25) is 0 Å². The van der Waals surface area contributed by atoms with Crippen molar-refractivity contribution in [3.63, 3.8) is 0 Å². The van der Waals surface area contributed by atoms with Crippen LogP contribution in [-0.2, 0) is 12.4 Å². The molecule has 0 aliphatic carbocycles. The Morgan fingerprint density at radius 3 is 1.53 bits per heavy atom. The van der Waals surface area contributed by atoms with E-state index in [2.05, 4.69) is 34.1 Å². The van der Waals surface area contributed by atoms with Crippen LogP contribution < -0.4 is 5.32 Å². The van der Waals surface area contributed by atoms with Crippen molar-refractivity contribution < 1.29 is 19.8 Å². The summed E-state index contributed by atoms with van der Waals surface area (Å²) in [6, 6.07) is 13.7. The first kappa shape index (κ1) is 31.5. The number of carboxylic acids is 2. The molecule has 0 unspecified atom stereocenters. The summed E-state index contributed by atoms with van der Waals surface area (Å²) in [5.74, 6) is -1.36. The number of carbonyl (C=O) groups is 2. The molecule has 0 radical (unpaired) electrons. The Morgan fingerprint density at radius 2 is 1.17 bits per heavy atom. The predicted octanol–water partition coefficient (Wildman–Crippen LogP) is 3.41. The molecule has 36 heavy (non-hydrogen) atoms. The number of rotatable bonds is 5. The maximum atomic E-state index is 10.7. The monoisotopic (exact) mass is 520 g/mol. The van der Waals surface area contributed by atoms with Crippen molar-refractivity contribution in [2.24, 2.45) is 0 Å². The summed E-state index contributed by atoms with van der Waals surface area (Å²) in [5, 5.41) is 20.6. The minimum atomic E-state index is -0.911. The van der Waals surface area contributed by atoms with Gasteiger partial charge < -0.3 is 25.3 Å². The molecule has 8 nitrogen and oxygen atoms in total. The normalized spacial score (nSPS) is 16.4. The highest BCUT2D eigenvalue weighted by atomic mass is 35.5. The number of nitrogens with zero attached hydrogens (tertiary/aromatic N) is 3.